The van der Waals surface area contributed by atoms with Crippen LogP contribution in [0.2, 0.25) is 0 Å². The lowest BCUT2D eigenvalue weighted by atomic mass is 9.87. The van der Waals surface area contributed by atoms with E-state index < -0.39 is 0 Å². The summed E-state index contributed by atoms with van der Waals surface area (Å²) in [6.07, 6.45) is 16.5. The van der Waals surface area contributed by atoms with Crippen LogP contribution >= 0.6 is 0 Å². The van der Waals surface area contributed by atoms with E-state index in [1.54, 1.807) is 6.20 Å². The predicted octanol–water partition coefficient (Wildman–Crippen LogP) is 5.07. The van der Waals surface area contributed by atoms with E-state index in [0.717, 1.165) is 30.7 Å². The van der Waals surface area contributed by atoms with E-state index in [0.29, 0.717) is 17.7 Å². The van der Waals surface area contributed by atoms with Crippen molar-refractivity contribution in [1.82, 2.24) is 15.2 Å². The Kier molecular flexibility index (Phi) is 8.31. The van der Waals surface area contributed by atoms with E-state index in [-0.39, 0.29) is 5.41 Å². The summed E-state index contributed by atoms with van der Waals surface area (Å²) in [6, 6.07) is 0.299. The fourth-order valence-electron chi connectivity index (χ4n) is 4.02. The highest BCUT2D eigenvalue weighted by atomic mass is 15.5. The van der Waals surface area contributed by atoms with Gasteiger partial charge in [-0.25, -0.2) is 0 Å². The molecule has 0 saturated carbocycles. The van der Waals surface area contributed by atoms with Crippen molar-refractivity contribution in [1.29, 1.82) is 5.41 Å². The first-order valence-corrected chi connectivity index (χ1v) is 11.2. The zero-order chi connectivity index (χ0) is 23.2. The molecule has 2 unspecified atom stereocenters. The fraction of sp³-hybridized carbons (Fsp3) is 0.520. The molecule has 0 aliphatic carbocycles. The largest absolute Gasteiger partial charge is 0.405 e. The standard InChI is InChI=1S/C25H40N6/c1-8-19(31-16-15-28-17-22(31)24(27)25(4,5)6)13-12-18(3)23-20(11-10-14-26)21(9-2)30(7)29-23/h8,10-11,14-18,21,27-28H,9,12-13,26H2,1-7H3/b14-10-,19-8-,20-11+,27-24?. The third-order valence-corrected chi connectivity index (χ3v) is 5.89. The highest BCUT2D eigenvalue weighted by Gasteiger charge is 2.31. The Bertz CT molecular complexity index is 835. The normalized spacial score (nSPS) is 22.1. The van der Waals surface area contributed by atoms with Crippen LogP contribution in [-0.2, 0) is 0 Å². The van der Waals surface area contributed by atoms with Crippen molar-refractivity contribution in [2.45, 2.75) is 66.8 Å². The molecule has 2 aliphatic rings. The minimum absolute atomic E-state index is 0.225. The number of hydrogen-bond donors (Lipinski definition) is 3. The lowest BCUT2D eigenvalue weighted by molar-refractivity contribution is 0.303. The highest BCUT2D eigenvalue weighted by molar-refractivity contribution is 6.04. The molecule has 6 nitrogen and oxygen atoms in total. The summed E-state index contributed by atoms with van der Waals surface area (Å²) in [7, 11) is 2.05. The van der Waals surface area contributed by atoms with Gasteiger partial charge in [-0.2, -0.15) is 5.10 Å². The second kappa shape index (κ2) is 10.5. The lowest BCUT2D eigenvalue weighted by Gasteiger charge is -2.33. The van der Waals surface area contributed by atoms with Crippen LogP contribution in [0.4, 0.5) is 0 Å². The first-order chi connectivity index (χ1) is 14.6. The average Bonchev–Trinajstić information content (AvgIpc) is 3.06. The minimum atomic E-state index is -0.225. The summed E-state index contributed by atoms with van der Waals surface area (Å²) in [5.41, 5.74) is 10.5. The van der Waals surface area contributed by atoms with Crippen LogP contribution in [0.15, 0.2) is 65.1 Å². The molecule has 2 atom stereocenters. The fourth-order valence-corrected chi connectivity index (χ4v) is 4.02. The molecular weight excluding hydrogens is 384 g/mol. The van der Waals surface area contributed by atoms with Crippen LogP contribution in [0.5, 0.6) is 0 Å². The van der Waals surface area contributed by atoms with Gasteiger partial charge in [-0.3, -0.25) is 5.01 Å². The summed E-state index contributed by atoms with van der Waals surface area (Å²) >= 11 is 0. The summed E-state index contributed by atoms with van der Waals surface area (Å²) in [5, 5.41) is 18.8. The number of allylic oxidation sites excluding steroid dienone is 5. The third kappa shape index (κ3) is 5.69. The molecule has 0 fully saturated rings. The van der Waals surface area contributed by atoms with Crippen molar-refractivity contribution < 1.29 is 0 Å². The number of nitrogens with zero attached hydrogens (tertiary/aromatic N) is 3. The van der Waals surface area contributed by atoms with Crippen molar-refractivity contribution in [2.75, 3.05) is 7.05 Å². The van der Waals surface area contributed by atoms with Gasteiger partial charge in [0.1, 0.15) is 0 Å². The first-order valence-electron chi connectivity index (χ1n) is 11.2. The molecule has 0 amide bonds. The van der Waals surface area contributed by atoms with Gasteiger partial charge in [-0.05, 0) is 44.0 Å². The molecule has 0 radical (unpaired) electrons. The number of nitrogens with one attached hydrogen (secondary N) is 2. The zero-order valence-electron chi connectivity index (χ0n) is 20.2. The van der Waals surface area contributed by atoms with Crippen LogP contribution < -0.4 is 11.1 Å². The van der Waals surface area contributed by atoms with Gasteiger partial charge in [0.05, 0.1) is 23.2 Å². The van der Waals surface area contributed by atoms with Gasteiger partial charge in [0.2, 0.25) is 0 Å². The number of hydrazone groups is 1. The van der Waals surface area contributed by atoms with Crippen molar-refractivity contribution in [3.63, 3.8) is 0 Å². The smallest absolute Gasteiger partial charge is 0.0829 e. The van der Waals surface area contributed by atoms with Crippen LogP contribution in [0.1, 0.15) is 60.8 Å². The SMILES string of the molecule is C/C=C(/CCC(C)C1=NN(C)C(CC)/C1=C\C=C/N)N1C=CNC=C1C(=N)C(C)(C)C. The van der Waals surface area contributed by atoms with E-state index >= 15 is 0 Å². The van der Waals surface area contributed by atoms with Crippen LogP contribution in [0.3, 0.4) is 0 Å². The Balaban J connectivity index is 2.17. The van der Waals surface area contributed by atoms with Crippen LogP contribution in [0.25, 0.3) is 0 Å². The molecule has 6 heteroatoms. The molecule has 0 saturated heterocycles. The second-order valence-electron chi connectivity index (χ2n) is 9.22. The molecule has 0 aromatic rings. The number of rotatable bonds is 8. The monoisotopic (exact) mass is 424 g/mol. The Hall–Kier alpha value is -2.76. The average molecular weight is 425 g/mol. The van der Waals surface area contributed by atoms with Gasteiger partial charge >= 0.3 is 0 Å². The number of hydrogen-bond acceptors (Lipinski definition) is 6. The number of likely N-dealkylation sites (N-methyl/N-ethyl adjacent to an activating group) is 1. The quantitative estimate of drug-likeness (QED) is 0.475. The topological polar surface area (TPSA) is 80.7 Å². The molecule has 0 aromatic heterocycles. The van der Waals surface area contributed by atoms with Crippen LogP contribution in [-0.4, -0.2) is 34.4 Å². The van der Waals surface area contributed by atoms with E-state index in [1.807, 2.05) is 31.7 Å². The molecule has 170 valence electrons. The molecule has 0 spiro atoms. The van der Waals surface area contributed by atoms with Crippen molar-refractivity contribution in [3.05, 3.63) is 60.0 Å². The zero-order valence-corrected chi connectivity index (χ0v) is 20.2. The van der Waals surface area contributed by atoms with Gasteiger partial charge in [0.25, 0.3) is 0 Å². The van der Waals surface area contributed by atoms with Crippen LogP contribution in [0, 0.1) is 16.7 Å². The van der Waals surface area contributed by atoms with Crippen molar-refractivity contribution in [2.24, 2.45) is 22.2 Å². The van der Waals surface area contributed by atoms with Crippen molar-refractivity contribution >= 4 is 11.4 Å². The van der Waals surface area contributed by atoms with E-state index in [2.05, 4.69) is 68.9 Å². The molecule has 2 heterocycles. The molecule has 2 rings (SSSR count). The van der Waals surface area contributed by atoms with Gasteiger partial charge in [-0.15, -0.1) is 0 Å². The van der Waals surface area contributed by atoms with E-state index in [1.165, 1.54) is 11.3 Å². The van der Waals surface area contributed by atoms with E-state index in [9.17, 15) is 0 Å². The summed E-state index contributed by atoms with van der Waals surface area (Å²) in [4.78, 5) is 2.14. The molecule has 4 N–H and O–H groups in total. The minimum Gasteiger partial charge on any atom is -0.405 e. The molecule has 2 aliphatic heterocycles. The third-order valence-electron chi connectivity index (χ3n) is 5.89. The Morgan fingerprint density at radius 3 is 2.68 bits per heavy atom. The van der Waals surface area contributed by atoms with Gasteiger partial charge in [-0.1, -0.05) is 46.8 Å². The molecule has 0 aromatic carbocycles. The summed E-state index contributed by atoms with van der Waals surface area (Å²) in [5.74, 6) is 0.313. The Morgan fingerprint density at radius 2 is 2.10 bits per heavy atom. The van der Waals surface area contributed by atoms with Gasteiger partial charge in [0, 0.05) is 42.7 Å². The lowest BCUT2D eigenvalue weighted by Crippen LogP contribution is -2.33. The highest BCUT2D eigenvalue weighted by Crippen LogP contribution is 2.31. The molecule has 0 bridgehead atoms. The molecular formula is C25H40N6. The Labute approximate surface area is 188 Å². The Morgan fingerprint density at radius 1 is 1.39 bits per heavy atom. The maximum absolute atomic E-state index is 8.68. The van der Waals surface area contributed by atoms with Gasteiger partial charge < -0.3 is 21.4 Å². The number of nitrogens with two attached hydrogens (primary N) is 1. The predicted molar refractivity (Wildman–Crippen MR) is 132 cm³/mol. The maximum Gasteiger partial charge on any atom is 0.0829 e. The summed E-state index contributed by atoms with van der Waals surface area (Å²) in [6.45, 7) is 12.7. The second-order valence-corrected chi connectivity index (χ2v) is 9.22. The summed E-state index contributed by atoms with van der Waals surface area (Å²) < 4.78 is 0. The van der Waals surface area contributed by atoms with E-state index in [4.69, 9.17) is 16.2 Å². The maximum atomic E-state index is 8.68. The molecule has 31 heavy (non-hydrogen) atoms. The van der Waals surface area contributed by atoms with Crippen molar-refractivity contribution in [3.8, 4) is 0 Å². The van der Waals surface area contributed by atoms with Gasteiger partial charge in [0.15, 0.2) is 0 Å². The first kappa shape index (κ1) is 24.5.